The van der Waals surface area contributed by atoms with E-state index in [1.807, 2.05) is 36.4 Å². The van der Waals surface area contributed by atoms with Crippen LogP contribution < -0.4 is 0 Å². The molecule has 0 bridgehead atoms. The molecule has 1 aliphatic rings. The number of thioether (sulfide) groups is 1. The molecule has 0 saturated heterocycles. The van der Waals surface area contributed by atoms with E-state index >= 15 is 0 Å². The van der Waals surface area contributed by atoms with E-state index in [4.69, 9.17) is 0 Å². The molecule has 0 atom stereocenters. The molecular formula is C23H17FN2O2S. The number of aromatic nitrogens is 1. The third-order valence-corrected chi connectivity index (χ3v) is 5.68. The van der Waals surface area contributed by atoms with Crippen molar-refractivity contribution in [1.29, 1.82) is 0 Å². The van der Waals surface area contributed by atoms with Crippen molar-refractivity contribution < 1.29 is 14.0 Å². The third-order valence-electron chi connectivity index (χ3n) is 4.53. The van der Waals surface area contributed by atoms with E-state index in [-0.39, 0.29) is 18.4 Å². The van der Waals surface area contributed by atoms with Crippen LogP contribution in [-0.4, -0.2) is 21.7 Å². The van der Waals surface area contributed by atoms with Gasteiger partial charge in [0.25, 0.3) is 11.8 Å². The number of hydrogen-bond donors (Lipinski definition) is 0. The van der Waals surface area contributed by atoms with Crippen LogP contribution in [0.15, 0.2) is 83.9 Å². The molecule has 1 aliphatic heterocycles. The van der Waals surface area contributed by atoms with E-state index in [9.17, 15) is 14.0 Å². The van der Waals surface area contributed by atoms with E-state index in [1.54, 1.807) is 18.3 Å². The molecule has 4 nitrogen and oxygen atoms in total. The van der Waals surface area contributed by atoms with E-state index in [0.717, 1.165) is 5.56 Å². The zero-order valence-corrected chi connectivity index (χ0v) is 16.2. The normalized spacial score (nSPS) is 14.0. The van der Waals surface area contributed by atoms with Crippen molar-refractivity contribution in [2.24, 2.45) is 0 Å². The van der Waals surface area contributed by atoms with Crippen molar-refractivity contribution in [3.8, 4) is 0 Å². The summed E-state index contributed by atoms with van der Waals surface area (Å²) in [5.74, 6) is -0.573. The van der Waals surface area contributed by atoms with Crippen molar-refractivity contribution in [3.63, 3.8) is 0 Å². The zero-order valence-electron chi connectivity index (χ0n) is 15.4. The summed E-state index contributed by atoms with van der Waals surface area (Å²) < 4.78 is 13.4. The van der Waals surface area contributed by atoms with Crippen LogP contribution in [0, 0.1) is 5.82 Å². The van der Waals surface area contributed by atoms with Crippen LogP contribution in [0.1, 0.15) is 16.8 Å². The highest BCUT2D eigenvalue weighted by molar-refractivity contribution is 8.03. The molecule has 3 aromatic rings. The Hall–Kier alpha value is -3.25. The molecule has 6 heteroatoms. The summed E-state index contributed by atoms with van der Waals surface area (Å²) in [6.07, 6.45) is 1.62. The summed E-state index contributed by atoms with van der Waals surface area (Å²) in [4.78, 5) is 32.1. The highest BCUT2D eigenvalue weighted by Gasteiger charge is 2.39. The Balaban J connectivity index is 1.67. The fourth-order valence-electron chi connectivity index (χ4n) is 3.09. The van der Waals surface area contributed by atoms with E-state index in [0.29, 0.717) is 27.5 Å². The number of imide groups is 1. The molecule has 0 N–H and O–H groups in total. The number of carbonyl (C=O) groups is 2. The van der Waals surface area contributed by atoms with Gasteiger partial charge < -0.3 is 0 Å². The summed E-state index contributed by atoms with van der Waals surface area (Å²) in [7, 11) is 0. The van der Waals surface area contributed by atoms with Gasteiger partial charge in [0, 0.05) is 11.9 Å². The number of hydrogen-bond acceptors (Lipinski definition) is 4. The van der Waals surface area contributed by atoms with Gasteiger partial charge in [0.05, 0.1) is 22.7 Å². The molecule has 144 valence electrons. The monoisotopic (exact) mass is 404 g/mol. The molecule has 0 unspecified atom stereocenters. The van der Waals surface area contributed by atoms with Crippen LogP contribution in [0.4, 0.5) is 4.39 Å². The molecule has 0 spiro atoms. The lowest BCUT2D eigenvalue weighted by Crippen LogP contribution is -2.31. The Morgan fingerprint density at radius 2 is 1.59 bits per heavy atom. The molecular weight excluding hydrogens is 387 g/mol. The number of nitrogens with zero attached hydrogens (tertiary/aromatic N) is 2. The first-order valence-electron chi connectivity index (χ1n) is 9.06. The molecule has 29 heavy (non-hydrogen) atoms. The minimum atomic E-state index is -0.394. The van der Waals surface area contributed by atoms with Crippen LogP contribution >= 0.6 is 11.8 Å². The first-order chi connectivity index (χ1) is 14.1. The summed E-state index contributed by atoms with van der Waals surface area (Å²) >= 11 is 1.32. The molecule has 0 saturated carbocycles. The summed E-state index contributed by atoms with van der Waals surface area (Å²) in [5.41, 5.74) is 2.52. The Morgan fingerprint density at radius 1 is 0.862 bits per heavy atom. The largest absolute Gasteiger partial charge is 0.269 e. The molecule has 0 aliphatic carbocycles. The van der Waals surface area contributed by atoms with E-state index in [2.05, 4.69) is 4.98 Å². The fraction of sp³-hybridized carbons (Fsp3) is 0.0870. The lowest BCUT2D eigenvalue weighted by Gasteiger charge is -2.14. The predicted molar refractivity (Wildman–Crippen MR) is 111 cm³/mol. The molecule has 2 amide bonds. The number of benzene rings is 2. The topological polar surface area (TPSA) is 50.3 Å². The third kappa shape index (κ3) is 4.12. The van der Waals surface area contributed by atoms with E-state index in [1.165, 1.54) is 40.9 Å². The Kier molecular flexibility index (Phi) is 5.53. The van der Waals surface area contributed by atoms with Gasteiger partial charge in [-0.05, 0) is 35.4 Å². The van der Waals surface area contributed by atoms with Crippen LogP contribution in [0.3, 0.4) is 0 Å². The van der Waals surface area contributed by atoms with Crippen LogP contribution in [0.25, 0.3) is 5.57 Å². The molecule has 4 rings (SSSR count). The van der Waals surface area contributed by atoms with Gasteiger partial charge in [-0.25, -0.2) is 4.39 Å². The zero-order chi connectivity index (χ0) is 20.2. The van der Waals surface area contributed by atoms with Gasteiger partial charge in [-0.3, -0.25) is 19.5 Å². The first-order valence-corrected chi connectivity index (χ1v) is 10.0. The minimum absolute atomic E-state index is 0.0958. The van der Waals surface area contributed by atoms with Gasteiger partial charge >= 0.3 is 0 Å². The number of amides is 2. The second-order valence-corrected chi connectivity index (χ2v) is 7.49. The SMILES string of the molecule is O=C1C(SCc2ccccc2)=C(c2ccc(F)cc2)C(=O)N1Cc1ccccn1. The van der Waals surface area contributed by atoms with Crippen molar-refractivity contribution >= 4 is 29.1 Å². The molecule has 1 aromatic heterocycles. The second-order valence-electron chi connectivity index (χ2n) is 6.50. The highest BCUT2D eigenvalue weighted by Crippen LogP contribution is 2.38. The maximum absolute atomic E-state index is 13.4. The molecule has 0 fully saturated rings. The summed E-state index contributed by atoms with van der Waals surface area (Å²) in [5, 5.41) is 0. The number of halogens is 1. The average molecular weight is 404 g/mol. The van der Waals surface area contributed by atoms with Crippen molar-refractivity contribution in [3.05, 3.63) is 107 Å². The summed E-state index contributed by atoms with van der Waals surface area (Å²) in [6, 6.07) is 20.7. The van der Waals surface area contributed by atoms with Crippen molar-refractivity contribution in [1.82, 2.24) is 9.88 Å². The van der Waals surface area contributed by atoms with Gasteiger partial charge in [-0.1, -0.05) is 48.5 Å². The standard InChI is InChI=1S/C23H17FN2O2S/c24-18-11-9-17(10-12-18)20-21(29-15-16-6-2-1-3-7-16)23(28)26(22(20)27)14-19-8-4-5-13-25-19/h1-13H,14-15H2. The number of rotatable bonds is 6. The lowest BCUT2D eigenvalue weighted by atomic mass is 10.1. The Morgan fingerprint density at radius 3 is 2.28 bits per heavy atom. The molecule has 2 aromatic carbocycles. The van der Waals surface area contributed by atoms with Gasteiger partial charge in [0.1, 0.15) is 5.82 Å². The predicted octanol–water partition coefficient (Wildman–Crippen LogP) is 4.43. The fourth-order valence-corrected chi connectivity index (χ4v) is 4.17. The number of carbonyl (C=O) groups excluding carboxylic acids is 2. The molecule has 2 heterocycles. The second kappa shape index (κ2) is 8.41. The van der Waals surface area contributed by atoms with Crippen LogP contribution in [0.5, 0.6) is 0 Å². The van der Waals surface area contributed by atoms with Gasteiger partial charge in [0.2, 0.25) is 0 Å². The first kappa shape index (κ1) is 19.1. The highest BCUT2D eigenvalue weighted by atomic mass is 32.2. The van der Waals surface area contributed by atoms with Gasteiger partial charge in [-0.15, -0.1) is 11.8 Å². The van der Waals surface area contributed by atoms with Gasteiger partial charge in [-0.2, -0.15) is 0 Å². The van der Waals surface area contributed by atoms with Crippen molar-refractivity contribution in [2.75, 3.05) is 0 Å². The van der Waals surface area contributed by atoms with Gasteiger partial charge in [0.15, 0.2) is 0 Å². The average Bonchev–Trinajstić information content (AvgIpc) is 2.98. The Labute approximate surface area is 172 Å². The lowest BCUT2D eigenvalue weighted by molar-refractivity contribution is -0.137. The Bertz CT molecular complexity index is 1070. The summed E-state index contributed by atoms with van der Waals surface area (Å²) in [6.45, 7) is 0.0958. The quantitative estimate of drug-likeness (QED) is 0.570. The van der Waals surface area contributed by atoms with Crippen LogP contribution in [-0.2, 0) is 21.9 Å². The number of pyridine rings is 1. The maximum atomic E-state index is 13.4. The van der Waals surface area contributed by atoms with E-state index < -0.39 is 5.82 Å². The molecule has 0 radical (unpaired) electrons. The maximum Gasteiger partial charge on any atom is 0.268 e. The minimum Gasteiger partial charge on any atom is -0.269 e. The van der Waals surface area contributed by atoms with Crippen molar-refractivity contribution in [2.45, 2.75) is 12.3 Å². The smallest absolute Gasteiger partial charge is 0.268 e. The van der Waals surface area contributed by atoms with Crippen LogP contribution in [0.2, 0.25) is 0 Å².